The molecule has 0 radical (unpaired) electrons. The van der Waals surface area contributed by atoms with Crippen molar-refractivity contribution in [2.75, 3.05) is 12.3 Å². The Balaban J connectivity index is 1.58. The van der Waals surface area contributed by atoms with Crippen LogP contribution in [0.2, 0.25) is 0 Å². The van der Waals surface area contributed by atoms with E-state index in [0.717, 1.165) is 29.4 Å². The Labute approximate surface area is 121 Å². The molecule has 0 saturated carbocycles. The van der Waals surface area contributed by atoms with Gasteiger partial charge in [0.05, 0.1) is 6.54 Å². The molecule has 1 heterocycles. The van der Waals surface area contributed by atoms with Crippen LogP contribution in [0, 0.1) is 17.1 Å². The van der Waals surface area contributed by atoms with Gasteiger partial charge in [-0.1, -0.05) is 0 Å². The Morgan fingerprint density at radius 3 is 2.70 bits per heavy atom. The highest BCUT2D eigenvalue weighted by Gasteiger charge is 2.00. The first-order valence-corrected chi connectivity index (χ1v) is 7.34. The topological polar surface area (TPSA) is 49.0 Å². The zero-order chi connectivity index (χ0) is 14.2. The van der Waals surface area contributed by atoms with Crippen LogP contribution in [-0.4, -0.2) is 12.3 Å². The van der Waals surface area contributed by atoms with Crippen LogP contribution >= 0.6 is 11.8 Å². The van der Waals surface area contributed by atoms with Crippen LogP contribution in [0.3, 0.4) is 0 Å². The maximum absolute atomic E-state index is 12.7. The van der Waals surface area contributed by atoms with Crippen molar-refractivity contribution in [3.05, 3.63) is 53.7 Å². The molecule has 0 saturated heterocycles. The number of nitriles is 1. The van der Waals surface area contributed by atoms with Crippen molar-refractivity contribution in [1.82, 2.24) is 5.32 Å². The quantitative estimate of drug-likeness (QED) is 0.625. The van der Waals surface area contributed by atoms with Crippen LogP contribution in [0.5, 0.6) is 0 Å². The van der Waals surface area contributed by atoms with Gasteiger partial charge in [-0.3, -0.25) is 0 Å². The van der Waals surface area contributed by atoms with Gasteiger partial charge in [0.25, 0.3) is 0 Å². The third-order valence-electron chi connectivity index (χ3n) is 2.65. The summed E-state index contributed by atoms with van der Waals surface area (Å²) in [7, 11) is 0. The van der Waals surface area contributed by atoms with Gasteiger partial charge in [-0.15, -0.1) is 11.8 Å². The summed E-state index contributed by atoms with van der Waals surface area (Å²) in [6.07, 6.45) is 1.01. The number of hydrogen-bond donors (Lipinski definition) is 1. The fraction of sp³-hybridized carbons (Fsp3) is 0.267. The maximum atomic E-state index is 12.7. The van der Waals surface area contributed by atoms with Crippen LogP contribution in [0.15, 0.2) is 45.7 Å². The highest BCUT2D eigenvalue weighted by molar-refractivity contribution is 7.99. The normalized spacial score (nSPS) is 10.4. The lowest BCUT2D eigenvalue weighted by Gasteiger charge is -2.03. The molecule has 1 N–H and O–H groups in total. The van der Waals surface area contributed by atoms with E-state index in [-0.39, 0.29) is 5.82 Å². The highest BCUT2D eigenvalue weighted by atomic mass is 32.2. The van der Waals surface area contributed by atoms with Crippen LogP contribution < -0.4 is 5.32 Å². The summed E-state index contributed by atoms with van der Waals surface area (Å²) in [5.41, 5.74) is 0. The van der Waals surface area contributed by atoms with Crippen LogP contribution in [-0.2, 0) is 6.54 Å². The molecule has 0 aliphatic carbocycles. The molecular weight excluding hydrogens is 275 g/mol. The molecule has 0 fully saturated rings. The van der Waals surface area contributed by atoms with E-state index in [9.17, 15) is 4.39 Å². The minimum absolute atomic E-state index is 0.203. The van der Waals surface area contributed by atoms with Gasteiger partial charge >= 0.3 is 0 Å². The summed E-state index contributed by atoms with van der Waals surface area (Å²) in [5.74, 6) is 1.88. The van der Waals surface area contributed by atoms with E-state index >= 15 is 0 Å². The second-order valence-electron chi connectivity index (χ2n) is 4.21. The predicted molar refractivity (Wildman–Crippen MR) is 76.9 cm³/mol. The molecule has 2 aromatic rings. The van der Waals surface area contributed by atoms with Gasteiger partial charge in [0, 0.05) is 4.90 Å². The van der Waals surface area contributed by atoms with Gasteiger partial charge in [-0.2, -0.15) is 5.26 Å². The molecule has 2 rings (SSSR count). The summed E-state index contributed by atoms with van der Waals surface area (Å²) in [6, 6.07) is 12.0. The third-order valence-corrected chi connectivity index (χ3v) is 3.75. The smallest absolute Gasteiger partial charge is 0.203 e. The first-order chi connectivity index (χ1) is 9.78. The highest BCUT2D eigenvalue weighted by Crippen LogP contribution is 2.18. The molecule has 20 heavy (non-hydrogen) atoms. The van der Waals surface area contributed by atoms with E-state index in [1.54, 1.807) is 36.0 Å². The molecule has 0 atom stereocenters. The Kier molecular flexibility index (Phi) is 5.66. The predicted octanol–water partition coefficient (Wildman–Crippen LogP) is 3.56. The molecule has 0 aliphatic heterocycles. The van der Waals surface area contributed by atoms with Crippen molar-refractivity contribution in [1.29, 1.82) is 5.26 Å². The number of benzene rings is 1. The summed E-state index contributed by atoms with van der Waals surface area (Å²) in [4.78, 5) is 1.08. The van der Waals surface area contributed by atoms with E-state index in [4.69, 9.17) is 9.68 Å². The van der Waals surface area contributed by atoms with Crippen LogP contribution in [0.25, 0.3) is 0 Å². The van der Waals surface area contributed by atoms with Crippen LogP contribution in [0.4, 0.5) is 4.39 Å². The number of nitrogens with zero attached hydrogens (tertiary/aromatic N) is 1. The van der Waals surface area contributed by atoms with Crippen molar-refractivity contribution in [2.45, 2.75) is 17.9 Å². The molecule has 0 unspecified atom stereocenters. The molecular formula is C15H15FN2OS. The number of hydrogen-bond acceptors (Lipinski definition) is 4. The monoisotopic (exact) mass is 290 g/mol. The molecule has 1 aromatic heterocycles. The van der Waals surface area contributed by atoms with Gasteiger partial charge in [0.15, 0.2) is 0 Å². The van der Waals surface area contributed by atoms with Crippen molar-refractivity contribution in [2.24, 2.45) is 0 Å². The van der Waals surface area contributed by atoms with Crippen molar-refractivity contribution in [3.8, 4) is 6.07 Å². The summed E-state index contributed by atoms with van der Waals surface area (Å²) in [5, 5.41) is 11.9. The molecule has 3 nitrogen and oxygen atoms in total. The SMILES string of the molecule is N#Cc1ccc(CNCCCSc2ccc(F)cc2)o1. The standard InChI is InChI=1S/C15H15FN2OS/c16-12-2-6-15(7-3-12)20-9-1-8-18-11-14-5-4-13(10-17)19-14/h2-7,18H,1,8-9,11H2. The van der Waals surface area contributed by atoms with E-state index < -0.39 is 0 Å². The van der Waals surface area contributed by atoms with Gasteiger partial charge in [0.1, 0.15) is 17.6 Å². The second kappa shape index (κ2) is 7.73. The van der Waals surface area contributed by atoms with E-state index in [1.165, 1.54) is 12.1 Å². The van der Waals surface area contributed by atoms with Crippen LogP contribution in [0.1, 0.15) is 17.9 Å². The fourth-order valence-electron chi connectivity index (χ4n) is 1.66. The zero-order valence-electron chi connectivity index (χ0n) is 10.9. The first kappa shape index (κ1) is 14.6. The number of thioether (sulfide) groups is 1. The Morgan fingerprint density at radius 1 is 1.20 bits per heavy atom. The number of furan rings is 1. The average molecular weight is 290 g/mol. The van der Waals surface area contributed by atoms with Crippen molar-refractivity contribution in [3.63, 3.8) is 0 Å². The van der Waals surface area contributed by atoms with E-state index in [1.807, 2.05) is 6.07 Å². The molecule has 0 amide bonds. The first-order valence-electron chi connectivity index (χ1n) is 6.36. The van der Waals surface area contributed by atoms with Gasteiger partial charge in [0.2, 0.25) is 5.76 Å². The Bertz CT molecular complexity index is 574. The minimum Gasteiger partial charge on any atom is -0.449 e. The number of rotatable bonds is 7. The average Bonchev–Trinajstić information content (AvgIpc) is 2.92. The molecule has 104 valence electrons. The molecule has 1 aromatic carbocycles. The lowest BCUT2D eigenvalue weighted by atomic mass is 10.4. The zero-order valence-corrected chi connectivity index (χ0v) is 11.8. The molecule has 0 spiro atoms. The minimum atomic E-state index is -0.203. The van der Waals surface area contributed by atoms with Gasteiger partial charge in [-0.25, -0.2) is 4.39 Å². The number of nitrogens with one attached hydrogen (secondary N) is 1. The van der Waals surface area contributed by atoms with Gasteiger partial charge < -0.3 is 9.73 Å². The molecule has 5 heteroatoms. The van der Waals surface area contributed by atoms with Gasteiger partial charge in [-0.05, 0) is 55.1 Å². The Morgan fingerprint density at radius 2 is 2.00 bits per heavy atom. The van der Waals surface area contributed by atoms with Crippen molar-refractivity contribution >= 4 is 11.8 Å². The maximum Gasteiger partial charge on any atom is 0.203 e. The summed E-state index contributed by atoms with van der Waals surface area (Å²) in [6.45, 7) is 1.50. The lowest BCUT2D eigenvalue weighted by Crippen LogP contribution is -2.14. The largest absolute Gasteiger partial charge is 0.449 e. The second-order valence-corrected chi connectivity index (χ2v) is 5.38. The fourth-order valence-corrected chi connectivity index (χ4v) is 2.52. The summed E-state index contributed by atoms with van der Waals surface area (Å²) >= 11 is 1.71. The Hall–Kier alpha value is -1.77. The molecule has 0 bridgehead atoms. The summed E-state index contributed by atoms with van der Waals surface area (Å²) < 4.78 is 18.0. The van der Waals surface area contributed by atoms with Crippen molar-refractivity contribution < 1.29 is 8.81 Å². The lowest BCUT2D eigenvalue weighted by molar-refractivity contribution is 0.474. The third kappa shape index (κ3) is 4.72. The molecule has 0 aliphatic rings. The van der Waals surface area contributed by atoms with E-state index in [0.29, 0.717) is 12.3 Å². The van der Waals surface area contributed by atoms with E-state index in [2.05, 4.69) is 5.32 Å². The number of halogens is 1.